The molecule has 1 atom stereocenters. The fourth-order valence-electron chi connectivity index (χ4n) is 1.92. The summed E-state index contributed by atoms with van der Waals surface area (Å²) in [6, 6.07) is 9.53. The van der Waals surface area contributed by atoms with Crippen molar-refractivity contribution in [2.75, 3.05) is 6.54 Å². The van der Waals surface area contributed by atoms with Gasteiger partial charge >= 0.3 is 0 Å². The van der Waals surface area contributed by atoms with Crippen molar-refractivity contribution in [1.82, 2.24) is 4.72 Å². The van der Waals surface area contributed by atoms with Gasteiger partial charge in [0.2, 0.25) is 10.0 Å². The van der Waals surface area contributed by atoms with Crippen LogP contribution in [0.3, 0.4) is 0 Å². The topological polar surface area (TPSA) is 83.5 Å². The van der Waals surface area contributed by atoms with Gasteiger partial charge in [-0.1, -0.05) is 18.2 Å². The van der Waals surface area contributed by atoms with Gasteiger partial charge in [-0.2, -0.15) is 0 Å². The van der Waals surface area contributed by atoms with Gasteiger partial charge in [0.1, 0.15) is 0 Å². The predicted octanol–water partition coefficient (Wildman–Crippen LogP) is 2.35. The second-order valence-electron chi connectivity index (χ2n) is 4.80. The van der Waals surface area contributed by atoms with Crippen LogP contribution in [0.1, 0.15) is 34.7 Å². The molecule has 0 aliphatic heterocycles. The van der Waals surface area contributed by atoms with Gasteiger partial charge in [0, 0.05) is 17.0 Å². The number of thiophene rings is 1. The van der Waals surface area contributed by atoms with Gasteiger partial charge in [0.15, 0.2) is 5.78 Å². The Morgan fingerprint density at radius 1 is 1.32 bits per heavy atom. The lowest BCUT2D eigenvalue weighted by Crippen LogP contribution is -2.26. The third kappa shape index (κ3) is 4.23. The standard InChI is InChI=1S/C15H17NO4S2/c1-11(17)12-4-2-5-13(10-12)22(19,20)16-8-7-14(18)15-6-3-9-21-15/h2-6,9-10,14,16,18H,7-8H2,1H3. The Bertz CT molecular complexity index is 739. The Labute approximate surface area is 133 Å². The summed E-state index contributed by atoms with van der Waals surface area (Å²) in [6.45, 7) is 1.50. The molecule has 2 N–H and O–H groups in total. The first-order valence-corrected chi connectivity index (χ1v) is 9.08. The van der Waals surface area contributed by atoms with Crippen LogP contribution in [-0.2, 0) is 10.0 Å². The fourth-order valence-corrected chi connectivity index (χ4v) is 3.76. The number of sulfonamides is 1. The number of hydrogen-bond acceptors (Lipinski definition) is 5. The Kier molecular flexibility index (Phi) is 5.47. The lowest BCUT2D eigenvalue weighted by molar-refractivity contribution is 0.101. The number of nitrogens with one attached hydrogen (secondary N) is 1. The maximum absolute atomic E-state index is 12.2. The summed E-state index contributed by atoms with van der Waals surface area (Å²) in [5, 5.41) is 11.8. The maximum atomic E-state index is 12.2. The molecule has 1 aromatic heterocycles. The largest absolute Gasteiger partial charge is 0.388 e. The highest BCUT2D eigenvalue weighted by Crippen LogP contribution is 2.21. The second kappa shape index (κ2) is 7.15. The molecule has 1 heterocycles. The van der Waals surface area contributed by atoms with Crippen LogP contribution in [0, 0.1) is 0 Å². The highest BCUT2D eigenvalue weighted by molar-refractivity contribution is 7.89. The van der Waals surface area contributed by atoms with E-state index in [0.717, 1.165) is 4.88 Å². The van der Waals surface area contributed by atoms with Crippen molar-refractivity contribution < 1.29 is 18.3 Å². The third-order valence-corrected chi connectivity index (χ3v) is 5.56. The van der Waals surface area contributed by atoms with E-state index in [-0.39, 0.29) is 23.6 Å². The molecule has 2 aromatic rings. The van der Waals surface area contributed by atoms with Gasteiger partial charge in [-0.25, -0.2) is 13.1 Å². The Balaban J connectivity index is 1.99. The van der Waals surface area contributed by atoms with E-state index in [4.69, 9.17) is 0 Å². The lowest BCUT2D eigenvalue weighted by Gasteiger charge is -2.10. The maximum Gasteiger partial charge on any atom is 0.240 e. The molecule has 1 aromatic carbocycles. The average molecular weight is 339 g/mol. The average Bonchev–Trinajstić information content (AvgIpc) is 3.01. The molecular weight excluding hydrogens is 322 g/mol. The van der Waals surface area contributed by atoms with E-state index in [1.165, 1.54) is 36.5 Å². The summed E-state index contributed by atoms with van der Waals surface area (Å²) in [7, 11) is -3.69. The molecule has 0 aliphatic rings. The summed E-state index contributed by atoms with van der Waals surface area (Å²) in [4.78, 5) is 12.2. The zero-order valence-electron chi connectivity index (χ0n) is 12.0. The third-order valence-electron chi connectivity index (χ3n) is 3.13. The molecule has 22 heavy (non-hydrogen) atoms. The molecule has 0 saturated carbocycles. The van der Waals surface area contributed by atoms with Crippen LogP contribution in [0.15, 0.2) is 46.7 Å². The SMILES string of the molecule is CC(=O)c1cccc(S(=O)(=O)NCCC(O)c2cccs2)c1. The number of ketones is 1. The Morgan fingerprint density at radius 3 is 2.73 bits per heavy atom. The summed E-state index contributed by atoms with van der Waals surface area (Å²) in [5.41, 5.74) is 0.349. The van der Waals surface area contributed by atoms with Gasteiger partial charge < -0.3 is 5.11 Å². The molecule has 0 aliphatic carbocycles. The molecule has 0 spiro atoms. The Hall–Kier alpha value is -1.54. The van der Waals surface area contributed by atoms with Crippen LogP contribution >= 0.6 is 11.3 Å². The molecule has 0 saturated heterocycles. The molecule has 5 nitrogen and oxygen atoms in total. The number of hydrogen-bond donors (Lipinski definition) is 2. The minimum atomic E-state index is -3.69. The first-order chi connectivity index (χ1) is 10.4. The smallest absolute Gasteiger partial charge is 0.240 e. The second-order valence-corrected chi connectivity index (χ2v) is 7.55. The number of benzene rings is 1. The number of carbonyl (C=O) groups is 1. The van der Waals surface area contributed by atoms with Crippen molar-refractivity contribution in [3.8, 4) is 0 Å². The normalized spacial score (nSPS) is 13.0. The van der Waals surface area contributed by atoms with Crippen molar-refractivity contribution in [3.05, 3.63) is 52.2 Å². The van der Waals surface area contributed by atoms with Crippen LogP contribution in [-0.4, -0.2) is 25.9 Å². The van der Waals surface area contributed by atoms with Crippen molar-refractivity contribution in [3.63, 3.8) is 0 Å². The fraction of sp³-hybridized carbons (Fsp3) is 0.267. The van der Waals surface area contributed by atoms with E-state index in [1.807, 2.05) is 11.4 Å². The zero-order valence-corrected chi connectivity index (χ0v) is 13.7. The molecular formula is C15H17NO4S2. The van der Waals surface area contributed by atoms with Crippen molar-refractivity contribution >= 4 is 27.1 Å². The van der Waals surface area contributed by atoms with Gasteiger partial charge in [-0.05, 0) is 36.9 Å². The van der Waals surface area contributed by atoms with Crippen molar-refractivity contribution in [2.24, 2.45) is 0 Å². The molecule has 0 amide bonds. The van der Waals surface area contributed by atoms with Gasteiger partial charge in [-0.15, -0.1) is 11.3 Å². The first-order valence-electron chi connectivity index (χ1n) is 6.72. The first kappa shape index (κ1) is 16.8. The Morgan fingerprint density at radius 2 is 2.09 bits per heavy atom. The number of Topliss-reactive ketones (excluding diaryl/α,β-unsaturated/α-hetero) is 1. The molecule has 0 bridgehead atoms. The van der Waals surface area contributed by atoms with Crippen LogP contribution in [0.25, 0.3) is 0 Å². The molecule has 2 rings (SSSR count). The highest BCUT2D eigenvalue weighted by Gasteiger charge is 2.16. The summed E-state index contributed by atoms with van der Waals surface area (Å²) >= 11 is 1.43. The van der Waals surface area contributed by atoms with E-state index in [1.54, 1.807) is 12.1 Å². The van der Waals surface area contributed by atoms with Crippen LogP contribution in [0.2, 0.25) is 0 Å². The van der Waals surface area contributed by atoms with Crippen molar-refractivity contribution in [1.29, 1.82) is 0 Å². The number of carbonyl (C=O) groups excluding carboxylic acids is 1. The minimum absolute atomic E-state index is 0.0470. The van der Waals surface area contributed by atoms with Gasteiger partial charge in [0.05, 0.1) is 11.0 Å². The lowest BCUT2D eigenvalue weighted by atomic mass is 10.2. The van der Waals surface area contributed by atoms with Crippen LogP contribution in [0.4, 0.5) is 0 Å². The van der Waals surface area contributed by atoms with Crippen LogP contribution in [0.5, 0.6) is 0 Å². The number of aliphatic hydroxyl groups is 1. The van der Waals surface area contributed by atoms with E-state index < -0.39 is 16.1 Å². The molecule has 1 unspecified atom stereocenters. The highest BCUT2D eigenvalue weighted by atomic mass is 32.2. The van der Waals surface area contributed by atoms with E-state index in [9.17, 15) is 18.3 Å². The zero-order chi connectivity index (χ0) is 16.2. The van der Waals surface area contributed by atoms with Crippen molar-refractivity contribution in [2.45, 2.75) is 24.3 Å². The molecule has 118 valence electrons. The quantitative estimate of drug-likeness (QED) is 0.759. The molecule has 0 fully saturated rings. The van der Waals surface area contributed by atoms with E-state index >= 15 is 0 Å². The number of rotatable bonds is 7. The minimum Gasteiger partial charge on any atom is -0.388 e. The van der Waals surface area contributed by atoms with E-state index in [0.29, 0.717) is 5.56 Å². The number of aliphatic hydroxyl groups excluding tert-OH is 1. The van der Waals surface area contributed by atoms with Crippen LogP contribution < -0.4 is 4.72 Å². The summed E-state index contributed by atoms with van der Waals surface area (Å²) < 4.78 is 26.8. The molecule has 7 heteroatoms. The van der Waals surface area contributed by atoms with E-state index in [2.05, 4.69) is 4.72 Å². The monoisotopic (exact) mass is 339 g/mol. The molecule has 0 radical (unpaired) electrons. The van der Waals surface area contributed by atoms with Gasteiger partial charge in [0.25, 0.3) is 0 Å². The predicted molar refractivity (Wildman–Crippen MR) is 85.5 cm³/mol. The van der Waals surface area contributed by atoms with Gasteiger partial charge in [-0.3, -0.25) is 4.79 Å². The summed E-state index contributed by atoms with van der Waals surface area (Å²) in [5.74, 6) is -0.190. The summed E-state index contributed by atoms with van der Waals surface area (Å²) in [6.07, 6.45) is -0.405.